The third-order valence-corrected chi connectivity index (χ3v) is 8.93. The van der Waals surface area contributed by atoms with Crippen molar-refractivity contribution in [1.29, 1.82) is 0 Å². The van der Waals surface area contributed by atoms with E-state index >= 15 is 0 Å². The number of carbonyl (C=O) groups is 2. The molecule has 0 radical (unpaired) electrons. The normalized spacial score (nSPS) is 25.3. The number of carbonyl (C=O) groups excluding carboxylic acids is 2. The second-order valence-corrected chi connectivity index (χ2v) is 12.0. The molecule has 3 N–H and O–H groups in total. The Balaban J connectivity index is 1.42. The molecular weight excluding hydrogens is 511 g/mol. The molecule has 11 heteroatoms. The fraction of sp³-hybridized carbons (Fsp3) is 0.593. The van der Waals surface area contributed by atoms with Gasteiger partial charge in [-0.15, -0.1) is 0 Å². The Morgan fingerprint density at radius 2 is 2.08 bits per heavy atom. The monoisotopic (exact) mass is 547 g/mol. The van der Waals surface area contributed by atoms with Crippen molar-refractivity contribution in [3.63, 3.8) is 0 Å². The van der Waals surface area contributed by atoms with Crippen LogP contribution in [0.15, 0.2) is 36.2 Å². The largest absolute Gasteiger partial charge is 0.398 e. The van der Waals surface area contributed by atoms with Crippen molar-refractivity contribution in [2.24, 2.45) is 17.3 Å². The van der Waals surface area contributed by atoms with Crippen LogP contribution >= 0.6 is 9.24 Å². The maximum Gasteiger partial charge on any atom is 0.300 e. The highest BCUT2D eigenvalue weighted by molar-refractivity contribution is 7.17. The van der Waals surface area contributed by atoms with Crippen molar-refractivity contribution < 1.29 is 23.1 Å². The molecule has 1 spiro atoms. The van der Waals surface area contributed by atoms with E-state index in [0.29, 0.717) is 37.4 Å². The van der Waals surface area contributed by atoms with Crippen LogP contribution in [0.2, 0.25) is 0 Å². The Morgan fingerprint density at radius 1 is 1.34 bits per heavy atom. The van der Waals surface area contributed by atoms with Gasteiger partial charge < -0.3 is 25.6 Å². The summed E-state index contributed by atoms with van der Waals surface area (Å²) >= 11 is 0. The van der Waals surface area contributed by atoms with Gasteiger partial charge in [0, 0.05) is 56.1 Å². The van der Waals surface area contributed by atoms with Gasteiger partial charge in [0.15, 0.2) is 0 Å². The summed E-state index contributed by atoms with van der Waals surface area (Å²) in [6.45, 7) is 6.77. The number of nitrogen functional groups attached to an aromatic ring is 1. The number of fused-ring (bicyclic) bond motifs is 1. The highest BCUT2D eigenvalue weighted by Gasteiger charge is 2.50. The lowest BCUT2D eigenvalue weighted by Crippen LogP contribution is -2.52. The lowest BCUT2D eigenvalue weighted by molar-refractivity contribution is -0.181. The zero-order chi connectivity index (χ0) is 27.2. The summed E-state index contributed by atoms with van der Waals surface area (Å²) in [4.78, 5) is 34.0. The van der Waals surface area contributed by atoms with Crippen LogP contribution in [0.4, 0.5) is 14.5 Å². The first-order chi connectivity index (χ1) is 18.0. The summed E-state index contributed by atoms with van der Waals surface area (Å²) in [5, 5.41) is 3.34. The molecule has 206 valence electrons. The van der Waals surface area contributed by atoms with Gasteiger partial charge in [0.25, 0.3) is 11.6 Å². The molecule has 2 saturated heterocycles. The molecule has 1 saturated carbocycles. The quantitative estimate of drug-likeness (QED) is 0.419. The lowest BCUT2D eigenvalue weighted by Gasteiger charge is -2.54. The number of rotatable bonds is 6. The Kier molecular flexibility index (Phi) is 7.24. The summed E-state index contributed by atoms with van der Waals surface area (Å²) in [7, 11) is 3.32. The smallest absolute Gasteiger partial charge is 0.300 e. The van der Waals surface area contributed by atoms with Crippen LogP contribution in [0, 0.1) is 17.3 Å². The second kappa shape index (κ2) is 10.2. The number of ether oxygens (including phenoxy) is 1. The molecule has 1 aromatic rings. The van der Waals surface area contributed by atoms with Gasteiger partial charge >= 0.3 is 0 Å². The van der Waals surface area contributed by atoms with Crippen LogP contribution in [-0.4, -0.2) is 72.5 Å². The molecule has 8 nitrogen and oxygen atoms in total. The molecule has 2 amide bonds. The molecule has 0 aromatic carbocycles. The number of likely N-dealkylation sites (tertiary alicyclic amines) is 1. The van der Waals surface area contributed by atoms with E-state index in [0.717, 1.165) is 49.6 Å². The zero-order valence-electron chi connectivity index (χ0n) is 21.7. The van der Waals surface area contributed by atoms with Crippen molar-refractivity contribution >= 4 is 26.7 Å². The maximum atomic E-state index is 13.8. The molecule has 4 aliphatic rings. The minimum Gasteiger partial charge on any atom is -0.398 e. The number of nitrogens with two attached hydrogens (primary N) is 1. The molecule has 3 unspecified atom stereocenters. The summed E-state index contributed by atoms with van der Waals surface area (Å²) in [6, 6.07) is 0.692. The Morgan fingerprint density at radius 3 is 2.66 bits per heavy atom. The number of halogens is 2. The predicted molar refractivity (Wildman–Crippen MR) is 143 cm³/mol. The van der Waals surface area contributed by atoms with Crippen molar-refractivity contribution in [2.45, 2.75) is 43.8 Å². The number of alkyl halides is 2. The number of pyridine rings is 1. The molecular formula is C27H36F2N5O3P. The SMILES string of the molecule is C=CC(=O)N1CC(CC2CC3(COC3)C2)CC2=C(NC)CCN(C(=O)c3cnc(C(F)(F)P)cc3N)C2C1. The molecule has 5 rings (SSSR count). The van der Waals surface area contributed by atoms with Crippen molar-refractivity contribution in [3.05, 3.63) is 47.4 Å². The van der Waals surface area contributed by atoms with E-state index in [1.54, 1.807) is 9.80 Å². The molecule has 3 fully saturated rings. The van der Waals surface area contributed by atoms with Gasteiger partial charge in [0.05, 0.1) is 24.8 Å². The van der Waals surface area contributed by atoms with E-state index in [1.165, 1.54) is 28.2 Å². The lowest BCUT2D eigenvalue weighted by atomic mass is 9.58. The number of nitrogens with one attached hydrogen (secondary N) is 1. The van der Waals surface area contributed by atoms with Gasteiger partial charge in [-0.2, -0.15) is 8.78 Å². The van der Waals surface area contributed by atoms with E-state index < -0.39 is 11.4 Å². The summed E-state index contributed by atoms with van der Waals surface area (Å²) in [6.07, 6.45) is 7.22. The molecule has 0 bridgehead atoms. The minimum atomic E-state index is -3.24. The summed E-state index contributed by atoms with van der Waals surface area (Å²) in [5.41, 5.74) is 4.95. The van der Waals surface area contributed by atoms with Crippen molar-refractivity contribution in [2.75, 3.05) is 45.6 Å². The molecule has 1 aliphatic carbocycles. The molecule has 38 heavy (non-hydrogen) atoms. The average Bonchev–Trinajstić information content (AvgIpc) is 3.02. The molecule has 1 aromatic heterocycles. The topological polar surface area (TPSA) is 101 Å². The average molecular weight is 548 g/mol. The number of amides is 2. The van der Waals surface area contributed by atoms with E-state index in [2.05, 4.69) is 16.9 Å². The van der Waals surface area contributed by atoms with Gasteiger partial charge in [0.2, 0.25) is 5.91 Å². The Bertz CT molecular complexity index is 1160. The number of hydrogen-bond acceptors (Lipinski definition) is 6. The van der Waals surface area contributed by atoms with E-state index in [9.17, 15) is 18.4 Å². The first kappa shape index (κ1) is 27.0. The van der Waals surface area contributed by atoms with Crippen molar-refractivity contribution in [3.8, 4) is 0 Å². The van der Waals surface area contributed by atoms with Gasteiger partial charge in [-0.1, -0.05) is 15.8 Å². The van der Waals surface area contributed by atoms with Crippen LogP contribution in [-0.2, 0) is 15.2 Å². The highest BCUT2D eigenvalue weighted by Crippen LogP contribution is 2.53. The predicted octanol–water partition coefficient (Wildman–Crippen LogP) is 3.13. The van der Waals surface area contributed by atoms with Crippen LogP contribution in [0.5, 0.6) is 0 Å². The third kappa shape index (κ3) is 5.05. The van der Waals surface area contributed by atoms with E-state index in [-0.39, 0.29) is 35.0 Å². The molecule has 3 aliphatic heterocycles. The van der Waals surface area contributed by atoms with Gasteiger partial charge in [-0.05, 0) is 55.2 Å². The van der Waals surface area contributed by atoms with E-state index in [1.807, 2.05) is 7.05 Å². The number of anilines is 1. The molecule has 4 heterocycles. The third-order valence-electron chi connectivity index (χ3n) is 8.63. The van der Waals surface area contributed by atoms with Crippen LogP contribution in [0.1, 0.15) is 48.2 Å². The summed E-state index contributed by atoms with van der Waals surface area (Å²) < 4.78 is 32.9. The van der Waals surface area contributed by atoms with Gasteiger partial charge in [0.1, 0.15) is 5.69 Å². The van der Waals surface area contributed by atoms with E-state index in [4.69, 9.17) is 10.5 Å². The highest BCUT2D eigenvalue weighted by atomic mass is 31.0. The summed E-state index contributed by atoms with van der Waals surface area (Å²) in [5.74, 6) is 0.337. The van der Waals surface area contributed by atoms with Crippen LogP contribution in [0.3, 0.4) is 0 Å². The first-order valence-corrected chi connectivity index (χ1v) is 13.7. The maximum absolute atomic E-state index is 13.8. The zero-order valence-corrected chi connectivity index (χ0v) is 22.9. The molecule has 3 atom stereocenters. The van der Waals surface area contributed by atoms with Gasteiger partial charge in [-0.3, -0.25) is 14.6 Å². The fourth-order valence-electron chi connectivity index (χ4n) is 6.79. The second-order valence-electron chi connectivity index (χ2n) is 11.3. The standard InChI is InChI=1S/C27H36F2N5O3P/c1-3-24(35)33-12-16(6-17-9-26(10-17)14-37-15-26)7-18-21(31-2)4-5-34(22(18)13-33)25(36)19-11-32-23(8-20(19)30)27(28,29)38/h3,8,11,16-17,22,31H,1,4-7,9-10,12-15,38H2,2H3,(H2,30,32). The minimum absolute atomic E-state index is 0.0449. The Hall–Kier alpha value is -2.58. The fourth-order valence-corrected chi connectivity index (χ4v) is 6.95. The van der Waals surface area contributed by atoms with Crippen LogP contribution in [0.25, 0.3) is 0 Å². The number of hydrogen-bond donors (Lipinski definition) is 2. The Labute approximate surface area is 224 Å². The number of aromatic nitrogens is 1. The van der Waals surface area contributed by atoms with Crippen LogP contribution < -0.4 is 11.1 Å². The number of nitrogens with zero attached hydrogens (tertiary/aromatic N) is 3. The van der Waals surface area contributed by atoms with Crippen molar-refractivity contribution in [1.82, 2.24) is 20.1 Å². The van der Waals surface area contributed by atoms with Gasteiger partial charge in [-0.25, -0.2) is 0 Å². The first-order valence-electron chi connectivity index (χ1n) is 13.2.